The summed E-state index contributed by atoms with van der Waals surface area (Å²) in [5.41, 5.74) is 0.425. The van der Waals surface area contributed by atoms with E-state index in [2.05, 4.69) is 4.74 Å². The molecular formula is C19H19F3N2O5S. The Morgan fingerprint density at radius 1 is 1.03 bits per heavy atom. The molecule has 1 N–H and O–H groups in total. The summed E-state index contributed by atoms with van der Waals surface area (Å²) in [7, 11) is -3.88. The van der Waals surface area contributed by atoms with Crippen LogP contribution in [0.1, 0.15) is 17.3 Å². The zero-order valence-corrected chi connectivity index (χ0v) is 16.7. The number of esters is 1. The first kappa shape index (κ1) is 23.2. The number of amides is 1. The van der Waals surface area contributed by atoms with E-state index in [1.165, 1.54) is 28.6 Å². The second-order valence-electron chi connectivity index (χ2n) is 6.00. The third-order valence-corrected chi connectivity index (χ3v) is 5.75. The lowest BCUT2D eigenvalue weighted by Gasteiger charge is -2.22. The lowest BCUT2D eigenvalue weighted by Crippen LogP contribution is -2.36. The van der Waals surface area contributed by atoms with Gasteiger partial charge in [-0.15, -0.1) is 0 Å². The topological polar surface area (TPSA) is 92.8 Å². The Labute approximate surface area is 171 Å². The third kappa shape index (κ3) is 6.21. The highest BCUT2D eigenvalue weighted by Gasteiger charge is 2.28. The number of para-hydroxylation sites is 1. The van der Waals surface area contributed by atoms with Crippen LogP contribution in [0.25, 0.3) is 0 Å². The molecule has 0 fully saturated rings. The van der Waals surface area contributed by atoms with Gasteiger partial charge < -0.3 is 10.1 Å². The van der Waals surface area contributed by atoms with Gasteiger partial charge in [-0.3, -0.25) is 9.10 Å². The molecule has 0 saturated heterocycles. The number of hydrogen-bond acceptors (Lipinski definition) is 5. The maximum Gasteiger partial charge on any atom is 0.405 e. The van der Waals surface area contributed by atoms with Crippen LogP contribution in [0.4, 0.5) is 18.9 Å². The molecule has 0 spiro atoms. The fraction of sp³-hybridized carbons (Fsp3) is 0.263. The van der Waals surface area contributed by atoms with Gasteiger partial charge in [0.1, 0.15) is 6.54 Å². The predicted octanol–water partition coefficient (Wildman–Crippen LogP) is 2.74. The summed E-state index contributed by atoms with van der Waals surface area (Å²) in [6, 6.07) is 13.3. The van der Waals surface area contributed by atoms with Gasteiger partial charge in [-0.2, -0.15) is 13.2 Å². The number of nitrogens with zero attached hydrogens (tertiary/aromatic N) is 1. The van der Waals surface area contributed by atoms with Crippen LogP contribution in [-0.4, -0.2) is 46.2 Å². The number of alkyl halides is 3. The van der Waals surface area contributed by atoms with Crippen molar-refractivity contribution in [3.05, 3.63) is 60.2 Å². The van der Waals surface area contributed by atoms with Crippen molar-refractivity contribution >= 4 is 27.6 Å². The van der Waals surface area contributed by atoms with Crippen LogP contribution in [0.3, 0.4) is 0 Å². The maximum absolute atomic E-state index is 12.9. The zero-order valence-electron chi connectivity index (χ0n) is 15.8. The molecule has 1 amide bonds. The smallest absolute Gasteiger partial charge is 0.405 e. The molecule has 0 atom stereocenters. The lowest BCUT2D eigenvalue weighted by molar-refractivity contribution is -0.140. The third-order valence-electron chi connectivity index (χ3n) is 3.83. The highest BCUT2D eigenvalue weighted by molar-refractivity contribution is 7.92. The normalized spacial score (nSPS) is 11.6. The molecule has 0 radical (unpaired) electrons. The molecule has 7 nitrogen and oxygen atoms in total. The highest BCUT2D eigenvalue weighted by Crippen LogP contribution is 2.23. The summed E-state index contributed by atoms with van der Waals surface area (Å²) in [5.74, 6) is -2.09. The Bertz CT molecular complexity index is 977. The van der Waals surface area contributed by atoms with Gasteiger partial charge in [0.25, 0.3) is 15.9 Å². The summed E-state index contributed by atoms with van der Waals surface area (Å²) in [5, 5.41) is 1.57. The second-order valence-corrected chi connectivity index (χ2v) is 7.86. The van der Waals surface area contributed by atoms with E-state index >= 15 is 0 Å². The molecule has 2 rings (SSSR count). The quantitative estimate of drug-likeness (QED) is 0.632. The first-order chi connectivity index (χ1) is 14.0. The Hall–Kier alpha value is -3.08. The van der Waals surface area contributed by atoms with Gasteiger partial charge >= 0.3 is 12.1 Å². The van der Waals surface area contributed by atoms with Crippen molar-refractivity contribution in [1.82, 2.24) is 5.32 Å². The number of carbonyl (C=O) groups excluding carboxylic acids is 2. The number of halogens is 3. The number of sulfonamides is 1. The fourth-order valence-electron chi connectivity index (χ4n) is 2.44. The average Bonchev–Trinajstić information content (AvgIpc) is 2.71. The van der Waals surface area contributed by atoms with Crippen LogP contribution >= 0.6 is 0 Å². The molecule has 0 saturated carbocycles. The molecule has 11 heteroatoms. The molecule has 2 aromatic carbocycles. The van der Waals surface area contributed by atoms with Crippen molar-refractivity contribution in [3.63, 3.8) is 0 Å². The molecule has 0 unspecified atom stereocenters. The number of carbonyl (C=O) groups is 2. The van der Waals surface area contributed by atoms with Crippen LogP contribution in [0, 0.1) is 0 Å². The molecule has 0 aliphatic heterocycles. The van der Waals surface area contributed by atoms with E-state index in [1.807, 2.05) is 0 Å². The van der Waals surface area contributed by atoms with Crippen LogP contribution in [0.2, 0.25) is 0 Å². The van der Waals surface area contributed by atoms with Crippen molar-refractivity contribution in [2.24, 2.45) is 0 Å². The van der Waals surface area contributed by atoms with Gasteiger partial charge in [0.15, 0.2) is 6.61 Å². The van der Waals surface area contributed by atoms with Crippen LogP contribution < -0.4 is 9.62 Å². The number of anilines is 1. The molecule has 162 valence electrons. The Balaban J connectivity index is 2.05. The Morgan fingerprint density at radius 3 is 2.17 bits per heavy atom. The first-order valence-corrected chi connectivity index (χ1v) is 10.2. The van der Waals surface area contributed by atoms with Crippen molar-refractivity contribution in [2.75, 3.05) is 24.0 Å². The van der Waals surface area contributed by atoms with Gasteiger partial charge in [0, 0.05) is 6.54 Å². The molecule has 0 aliphatic carbocycles. The summed E-state index contributed by atoms with van der Waals surface area (Å²) in [6.45, 7) is -0.568. The predicted molar refractivity (Wildman–Crippen MR) is 102 cm³/mol. The number of benzene rings is 2. The number of nitrogens with one attached hydrogen (secondary N) is 1. The zero-order chi connectivity index (χ0) is 22.4. The minimum Gasteiger partial charge on any atom is -0.452 e. The van der Waals surface area contributed by atoms with E-state index in [9.17, 15) is 31.2 Å². The molecule has 0 aromatic heterocycles. The largest absolute Gasteiger partial charge is 0.452 e. The number of ether oxygens (including phenoxy) is 1. The average molecular weight is 444 g/mol. The van der Waals surface area contributed by atoms with Gasteiger partial charge in [0.2, 0.25) is 0 Å². The van der Waals surface area contributed by atoms with Crippen molar-refractivity contribution < 1.29 is 35.9 Å². The molecular weight excluding hydrogens is 425 g/mol. The van der Waals surface area contributed by atoms with E-state index in [0.717, 1.165) is 0 Å². The number of hydrogen-bond donors (Lipinski definition) is 1. The van der Waals surface area contributed by atoms with Crippen LogP contribution in [0.5, 0.6) is 0 Å². The van der Waals surface area contributed by atoms with E-state index in [4.69, 9.17) is 0 Å². The van der Waals surface area contributed by atoms with Gasteiger partial charge in [-0.1, -0.05) is 18.2 Å². The van der Waals surface area contributed by atoms with E-state index in [0.29, 0.717) is 5.69 Å². The second kappa shape index (κ2) is 9.61. The van der Waals surface area contributed by atoms with Crippen molar-refractivity contribution in [2.45, 2.75) is 18.0 Å². The maximum atomic E-state index is 12.9. The van der Waals surface area contributed by atoms with Crippen molar-refractivity contribution in [3.8, 4) is 0 Å². The molecule has 0 bridgehead atoms. The molecule has 0 aliphatic rings. The Morgan fingerprint density at radius 2 is 1.63 bits per heavy atom. The first-order valence-electron chi connectivity index (χ1n) is 8.73. The number of rotatable bonds is 8. The molecule has 30 heavy (non-hydrogen) atoms. The minimum atomic E-state index is -4.58. The summed E-state index contributed by atoms with van der Waals surface area (Å²) in [6.07, 6.45) is -4.58. The van der Waals surface area contributed by atoms with E-state index < -0.39 is 41.2 Å². The summed E-state index contributed by atoms with van der Waals surface area (Å²) < 4.78 is 67.7. The van der Waals surface area contributed by atoms with Gasteiger partial charge in [-0.05, 0) is 43.3 Å². The summed E-state index contributed by atoms with van der Waals surface area (Å²) in [4.78, 5) is 23.2. The Kier molecular flexibility index (Phi) is 7.43. The van der Waals surface area contributed by atoms with Crippen LogP contribution in [-0.2, 0) is 19.6 Å². The summed E-state index contributed by atoms with van der Waals surface area (Å²) >= 11 is 0. The van der Waals surface area contributed by atoms with Gasteiger partial charge in [-0.25, -0.2) is 13.2 Å². The standard InChI is InChI=1S/C19H19F3N2O5S/c1-2-24(15-6-4-3-5-7-15)30(27,28)16-10-8-14(9-11-16)18(26)29-12-17(25)23-13-19(20,21)22/h3-11H,2,12-13H2,1H3,(H,23,25). The minimum absolute atomic E-state index is 0.0552. The highest BCUT2D eigenvalue weighted by atomic mass is 32.2. The van der Waals surface area contributed by atoms with E-state index in [-0.39, 0.29) is 17.0 Å². The monoisotopic (exact) mass is 444 g/mol. The van der Waals surface area contributed by atoms with Crippen molar-refractivity contribution in [1.29, 1.82) is 0 Å². The fourth-order valence-corrected chi connectivity index (χ4v) is 3.91. The molecule has 2 aromatic rings. The van der Waals surface area contributed by atoms with Gasteiger partial charge in [0.05, 0.1) is 16.1 Å². The van der Waals surface area contributed by atoms with Crippen LogP contribution in [0.15, 0.2) is 59.5 Å². The SMILES string of the molecule is CCN(c1ccccc1)S(=O)(=O)c1ccc(C(=O)OCC(=O)NCC(F)(F)F)cc1. The molecule has 0 heterocycles. The lowest BCUT2D eigenvalue weighted by atomic mass is 10.2. The van der Waals surface area contributed by atoms with E-state index in [1.54, 1.807) is 42.6 Å².